The van der Waals surface area contributed by atoms with E-state index in [2.05, 4.69) is 4.42 Å². The Morgan fingerprint density at radius 1 is 0.800 bits per heavy atom. The van der Waals surface area contributed by atoms with E-state index in [0.29, 0.717) is 6.92 Å². The van der Waals surface area contributed by atoms with Crippen LogP contribution in [0.2, 0.25) is 0 Å². The van der Waals surface area contributed by atoms with Crippen molar-refractivity contribution in [2.75, 3.05) is 0 Å². The predicted octanol–water partition coefficient (Wildman–Crippen LogP) is 4.39. The molecular weight excluding hydrogens is 311 g/mol. The van der Waals surface area contributed by atoms with Crippen LogP contribution in [0.5, 0.6) is 0 Å². The molecule has 116 valence electrons. The van der Waals surface area contributed by atoms with Crippen molar-refractivity contribution in [2.24, 2.45) is 0 Å². The SMILES string of the molecule is CC(O)c1oc(C(F)(F)F)c(C(F)(F)F)c1C(F)(F)F. The van der Waals surface area contributed by atoms with Crippen molar-refractivity contribution in [1.29, 1.82) is 0 Å². The summed E-state index contributed by atoms with van der Waals surface area (Å²) in [6.45, 7) is 0.550. The van der Waals surface area contributed by atoms with Gasteiger partial charge in [-0.25, -0.2) is 0 Å². The van der Waals surface area contributed by atoms with E-state index in [9.17, 15) is 39.5 Å². The number of hydrogen-bond donors (Lipinski definition) is 1. The molecule has 1 heterocycles. The van der Waals surface area contributed by atoms with Gasteiger partial charge in [0, 0.05) is 0 Å². The molecule has 11 heteroatoms. The number of hydrogen-bond acceptors (Lipinski definition) is 2. The molecule has 1 atom stereocenters. The lowest BCUT2D eigenvalue weighted by atomic mass is 10.1. The Labute approximate surface area is 104 Å². The van der Waals surface area contributed by atoms with Crippen LogP contribution in [-0.2, 0) is 18.5 Å². The summed E-state index contributed by atoms with van der Waals surface area (Å²) in [5.74, 6) is -4.68. The number of alkyl halides is 9. The van der Waals surface area contributed by atoms with E-state index < -0.39 is 47.3 Å². The molecule has 0 bridgehead atoms. The Morgan fingerprint density at radius 2 is 1.20 bits per heavy atom. The summed E-state index contributed by atoms with van der Waals surface area (Å²) < 4.78 is 116. The number of rotatable bonds is 1. The third-order valence-electron chi connectivity index (χ3n) is 2.14. The van der Waals surface area contributed by atoms with Gasteiger partial charge in [0.25, 0.3) is 0 Å². The highest BCUT2D eigenvalue weighted by atomic mass is 19.4. The summed E-state index contributed by atoms with van der Waals surface area (Å²) in [7, 11) is 0. The molecule has 1 aromatic rings. The molecule has 0 saturated heterocycles. The molecule has 0 saturated carbocycles. The summed E-state index contributed by atoms with van der Waals surface area (Å²) in [6.07, 6.45) is -19.8. The van der Waals surface area contributed by atoms with E-state index in [1.807, 2.05) is 0 Å². The van der Waals surface area contributed by atoms with E-state index in [-0.39, 0.29) is 0 Å². The second kappa shape index (κ2) is 4.57. The zero-order chi connectivity index (χ0) is 16.1. The normalized spacial score (nSPS) is 15.6. The van der Waals surface area contributed by atoms with Crippen molar-refractivity contribution in [1.82, 2.24) is 0 Å². The van der Waals surface area contributed by atoms with Crippen LogP contribution >= 0.6 is 0 Å². The zero-order valence-electron chi connectivity index (χ0n) is 9.33. The minimum absolute atomic E-state index is 0.550. The third-order valence-corrected chi connectivity index (χ3v) is 2.14. The molecule has 1 unspecified atom stereocenters. The van der Waals surface area contributed by atoms with Gasteiger partial charge in [0.05, 0.1) is 0 Å². The standard InChI is InChI=1S/C9H5F9O2/c1-2(19)5-3(7(10,11)12)4(8(13,14)15)6(20-5)9(16,17)18/h2,19H,1H3. The molecule has 0 fully saturated rings. The second-order valence-corrected chi connectivity index (χ2v) is 3.71. The molecular formula is C9H5F9O2. The van der Waals surface area contributed by atoms with Gasteiger partial charge in [-0.2, -0.15) is 39.5 Å². The van der Waals surface area contributed by atoms with E-state index >= 15 is 0 Å². The number of aliphatic hydroxyl groups excluding tert-OH is 1. The van der Waals surface area contributed by atoms with Gasteiger partial charge in [-0.1, -0.05) is 0 Å². The summed E-state index contributed by atoms with van der Waals surface area (Å²) >= 11 is 0. The highest BCUT2D eigenvalue weighted by molar-refractivity contribution is 5.40. The smallest absolute Gasteiger partial charge is 0.450 e. The van der Waals surface area contributed by atoms with Crippen molar-refractivity contribution in [2.45, 2.75) is 31.6 Å². The van der Waals surface area contributed by atoms with Gasteiger partial charge in [0.15, 0.2) is 0 Å². The van der Waals surface area contributed by atoms with E-state index in [4.69, 9.17) is 5.11 Å². The van der Waals surface area contributed by atoms with Crippen LogP contribution in [0.15, 0.2) is 4.42 Å². The van der Waals surface area contributed by atoms with Crippen LogP contribution in [0.3, 0.4) is 0 Å². The molecule has 1 aromatic heterocycles. The van der Waals surface area contributed by atoms with Gasteiger partial charge < -0.3 is 9.52 Å². The first-order valence-electron chi connectivity index (χ1n) is 4.73. The van der Waals surface area contributed by atoms with Crippen molar-refractivity contribution in [3.8, 4) is 0 Å². The largest absolute Gasteiger partial charge is 0.452 e. The van der Waals surface area contributed by atoms with Crippen LogP contribution in [0.25, 0.3) is 0 Å². The molecule has 0 radical (unpaired) electrons. The Morgan fingerprint density at radius 3 is 1.45 bits per heavy atom. The zero-order valence-corrected chi connectivity index (χ0v) is 9.33. The minimum atomic E-state index is -5.95. The van der Waals surface area contributed by atoms with Gasteiger partial charge in [-0.3, -0.25) is 0 Å². The van der Waals surface area contributed by atoms with Gasteiger partial charge >= 0.3 is 18.5 Å². The first-order valence-corrected chi connectivity index (χ1v) is 4.73. The fourth-order valence-electron chi connectivity index (χ4n) is 1.49. The van der Waals surface area contributed by atoms with Crippen LogP contribution in [-0.4, -0.2) is 5.11 Å². The molecule has 2 nitrogen and oxygen atoms in total. The molecule has 1 rings (SSSR count). The van der Waals surface area contributed by atoms with Crippen LogP contribution in [0.4, 0.5) is 39.5 Å². The highest BCUT2D eigenvalue weighted by Crippen LogP contribution is 2.50. The van der Waals surface area contributed by atoms with Crippen LogP contribution in [0, 0.1) is 0 Å². The monoisotopic (exact) mass is 316 g/mol. The first kappa shape index (κ1) is 16.7. The molecule has 20 heavy (non-hydrogen) atoms. The predicted molar refractivity (Wildman–Crippen MR) is 44.3 cm³/mol. The lowest BCUT2D eigenvalue weighted by Gasteiger charge is -2.13. The van der Waals surface area contributed by atoms with Gasteiger partial charge in [0.2, 0.25) is 5.76 Å². The number of halogens is 9. The lowest BCUT2D eigenvalue weighted by molar-refractivity contribution is -0.178. The fraction of sp³-hybridized carbons (Fsp3) is 0.556. The Hall–Kier alpha value is -1.39. The Bertz CT molecular complexity index is 489. The summed E-state index contributed by atoms with van der Waals surface area (Å²) in [5.41, 5.74) is -5.67. The molecule has 0 aromatic carbocycles. The van der Waals surface area contributed by atoms with Crippen LogP contribution < -0.4 is 0 Å². The Kier molecular flexibility index (Phi) is 3.81. The highest BCUT2D eigenvalue weighted by Gasteiger charge is 2.56. The quantitative estimate of drug-likeness (QED) is 0.780. The maximum Gasteiger partial charge on any atom is 0.450 e. The van der Waals surface area contributed by atoms with Crippen LogP contribution in [0.1, 0.15) is 35.7 Å². The van der Waals surface area contributed by atoms with Gasteiger partial charge in [-0.15, -0.1) is 0 Å². The lowest BCUT2D eigenvalue weighted by Crippen LogP contribution is -2.20. The van der Waals surface area contributed by atoms with E-state index in [1.165, 1.54) is 0 Å². The number of furan rings is 1. The summed E-state index contributed by atoms with van der Waals surface area (Å²) in [5, 5.41) is 8.91. The Balaban J connectivity index is 3.83. The van der Waals surface area contributed by atoms with Gasteiger partial charge in [0.1, 0.15) is 23.0 Å². The average molecular weight is 316 g/mol. The fourth-order valence-corrected chi connectivity index (χ4v) is 1.49. The van der Waals surface area contributed by atoms with Crippen molar-refractivity contribution in [3.63, 3.8) is 0 Å². The maximum absolute atomic E-state index is 12.6. The molecule has 0 aliphatic heterocycles. The van der Waals surface area contributed by atoms with E-state index in [1.54, 1.807) is 0 Å². The molecule has 0 aliphatic rings. The summed E-state index contributed by atoms with van der Waals surface area (Å²) in [4.78, 5) is 0. The topological polar surface area (TPSA) is 33.4 Å². The van der Waals surface area contributed by atoms with Crippen molar-refractivity contribution >= 4 is 0 Å². The second-order valence-electron chi connectivity index (χ2n) is 3.71. The molecule has 0 spiro atoms. The first-order chi connectivity index (χ1) is 8.67. The summed E-state index contributed by atoms with van der Waals surface area (Å²) in [6, 6.07) is 0. The third kappa shape index (κ3) is 3.02. The van der Waals surface area contributed by atoms with E-state index in [0.717, 1.165) is 0 Å². The average Bonchev–Trinajstić information content (AvgIpc) is 2.54. The molecule has 0 aliphatic carbocycles. The maximum atomic E-state index is 12.6. The molecule has 0 amide bonds. The number of aliphatic hydroxyl groups is 1. The van der Waals surface area contributed by atoms with Crippen molar-refractivity contribution < 1.29 is 49.0 Å². The molecule has 1 N–H and O–H groups in total. The minimum Gasteiger partial charge on any atom is -0.452 e. The van der Waals surface area contributed by atoms with Crippen molar-refractivity contribution in [3.05, 3.63) is 22.6 Å². The van der Waals surface area contributed by atoms with Gasteiger partial charge in [-0.05, 0) is 6.92 Å².